The Balaban J connectivity index is 2.51. The van der Waals surface area contributed by atoms with Crippen LogP contribution in [0, 0.1) is 5.92 Å². The summed E-state index contributed by atoms with van der Waals surface area (Å²) >= 11 is 6.10. The largest absolute Gasteiger partial charge is 0.478 e. The molecule has 0 fully saturated rings. The number of carboxylic acids is 1. The Morgan fingerprint density at radius 3 is 2.55 bits per heavy atom. The van der Waals surface area contributed by atoms with Crippen LogP contribution in [0.5, 0.6) is 5.75 Å². The lowest BCUT2D eigenvalue weighted by atomic mass is 9.97. The zero-order chi connectivity index (χ0) is 16.7. The van der Waals surface area contributed by atoms with E-state index in [0.29, 0.717) is 17.0 Å². The zero-order valence-corrected chi connectivity index (χ0v) is 12.6. The lowest BCUT2D eigenvalue weighted by Crippen LogP contribution is -2.40. The van der Waals surface area contributed by atoms with Gasteiger partial charge in [0, 0.05) is 10.6 Å². The lowest BCUT2D eigenvalue weighted by Gasteiger charge is -2.27. The third kappa shape index (κ3) is 3.38. The summed E-state index contributed by atoms with van der Waals surface area (Å²) in [7, 11) is 0. The van der Waals surface area contributed by atoms with Crippen LogP contribution in [0.3, 0.4) is 0 Å². The number of carbonyl (C=O) groups is 1. The van der Waals surface area contributed by atoms with E-state index >= 15 is 0 Å². The number of hydrogen-bond donors (Lipinski definition) is 1. The molecule has 1 N–H and O–H groups in total. The Bertz CT molecular complexity index is 636. The highest BCUT2D eigenvalue weighted by atomic mass is 35.5. The van der Waals surface area contributed by atoms with Gasteiger partial charge in [-0.15, -0.1) is 0 Å². The van der Waals surface area contributed by atoms with Crippen LogP contribution in [-0.2, 0) is 11.2 Å². The number of halogens is 4. The summed E-state index contributed by atoms with van der Waals surface area (Å²) in [6.45, 7) is 3.91. The van der Waals surface area contributed by atoms with Gasteiger partial charge in [-0.1, -0.05) is 25.4 Å². The molecule has 0 aromatic heterocycles. The SMILES string of the molecule is CC(C)Cc1cc2c(cc1Cl)C=C(C(=O)O)[C@@H](C(F)(F)F)O2. The van der Waals surface area contributed by atoms with E-state index in [1.807, 2.05) is 13.8 Å². The lowest BCUT2D eigenvalue weighted by molar-refractivity contribution is -0.187. The van der Waals surface area contributed by atoms with Crippen molar-refractivity contribution in [2.24, 2.45) is 5.92 Å². The second-order valence-electron chi connectivity index (χ2n) is 5.52. The van der Waals surface area contributed by atoms with Gasteiger partial charge in [-0.25, -0.2) is 4.79 Å². The van der Waals surface area contributed by atoms with Crippen LogP contribution in [-0.4, -0.2) is 23.4 Å². The zero-order valence-electron chi connectivity index (χ0n) is 11.9. The van der Waals surface area contributed by atoms with Gasteiger partial charge in [0.2, 0.25) is 6.10 Å². The van der Waals surface area contributed by atoms with Crippen LogP contribution in [0.4, 0.5) is 13.2 Å². The van der Waals surface area contributed by atoms with Gasteiger partial charge in [-0.05, 0) is 36.1 Å². The van der Waals surface area contributed by atoms with E-state index in [1.165, 1.54) is 12.1 Å². The molecule has 22 heavy (non-hydrogen) atoms. The van der Waals surface area contributed by atoms with Crippen LogP contribution in [0.2, 0.25) is 5.02 Å². The summed E-state index contributed by atoms with van der Waals surface area (Å²) in [6.07, 6.45) is -5.74. The maximum atomic E-state index is 13.0. The van der Waals surface area contributed by atoms with Crippen LogP contribution < -0.4 is 4.74 Å². The molecule has 1 aliphatic rings. The molecule has 0 unspecified atom stereocenters. The Labute approximate surface area is 130 Å². The van der Waals surface area contributed by atoms with E-state index in [4.69, 9.17) is 21.4 Å². The normalized spacial score (nSPS) is 17.8. The van der Waals surface area contributed by atoms with Crippen LogP contribution in [0.15, 0.2) is 17.7 Å². The summed E-state index contributed by atoms with van der Waals surface area (Å²) in [6, 6.07) is 2.88. The molecule has 0 aliphatic carbocycles. The third-order valence-electron chi connectivity index (χ3n) is 3.19. The highest BCUT2D eigenvalue weighted by molar-refractivity contribution is 6.31. The van der Waals surface area contributed by atoms with Crippen molar-refractivity contribution in [3.05, 3.63) is 33.9 Å². The number of ether oxygens (including phenoxy) is 1. The maximum Gasteiger partial charge on any atom is 0.430 e. The minimum Gasteiger partial charge on any atom is -0.478 e. The monoisotopic (exact) mass is 334 g/mol. The molecule has 0 saturated carbocycles. The average Bonchev–Trinajstić information content (AvgIpc) is 2.36. The molecule has 120 valence electrons. The predicted molar refractivity (Wildman–Crippen MR) is 76.1 cm³/mol. The first-order chi connectivity index (χ1) is 10.1. The molecule has 3 nitrogen and oxygen atoms in total. The van der Waals surface area contributed by atoms with Crippen molar-refractivity contribution in [2.75, 3.05) is 0 Å². The standard InChI is InChI=1S/C15H14ClF3O3/c1-7(2)3-8-6-12-9(5-11(8)16)4-10(14(20)21)13(22-12)15(17,18)19/h4-7,13H,3H2,1-2H3,(H,20,21)/t13-/m0/s1. The number of aliphatic carboxylic acids is 1. The highest BCUT2D eigenvalue weighted by Gasteiger charge is 2.48. The van der Waals surface area contributed by atoms with Crippen molar-refractivity contribution < 1.29 is 27.8 Å². The summed E-state index contributed by atoms with van der Waals surface area (Å²) in [5, 5.41) is 9.34. The molecule has 0 spiro atoms. The van der Waals surface area contributed by atoms with Crippen LogP contribution >= 0.6 is 11.6 Å². The van der Waals surface area contributed by atoms with Crippen molar-refractivity contribution in [3.8, 4) is 5.75 Å². The van der Waals surface area contributed by atoms with Gasteiger partial charge >= 0.3 is 12.1 Å². The van der Waals surface area contributed by atoms with E-state index in [-0.39, 0.29) is 17.2 Å². The molecular formula is C15H14ClF3O3. The Morgan fingerprint density at radius 2 is 2.05 bits per heavy atom. The average molecular weight is 335 g/mol. The molecule has 2 rings (SSSR count). The third-order valence-corrected chi connectivity index (χ3v) is 3.54. The van der Waals surface area contributed by atoms with Crippen molar-refractivity contribution in [1.82, 2.24) is 0 Å². The van der Waals surface area contributed by atoms with Gasteiger partial charge < -0.3 is 9.84 Å². The van der Waals surface area contributed by atoms with Crippen molar-refractivity contribution in [3.63, 3.8) is 0 Å². The first-order valence-electron chi connectivity index (χ1n) is 6.60. The topological polar surface area (TPSA) is 46.5 Å². The van der Waals surface area contributed by atoms with Gasteiger partial charge in [0.1, 0.15) is 5.75 Å². The van der Waals surface area contributed by atoms with Gasteiger partial charge in [-0.2, -0.15) is 13.2 Å². The van der Waals surface area contributed by atoms with Crippen molar-refractivity contribution in [2.45, 2.75) is 32.5 Å². The molecule has 0 amide bonds. The van der Waals surface area contributed by atoms with Crippen LogP contribution in [0.1, 0.15) is 25.0 Å². The number of hydrogen-bond acceptors (Lipinski definition) is 2. The van der Waals surface area contributed by atoms with Gasteiger partial charge in [0.15, 0.2) is 0 Å². The fourth-order valence-corrected chi connectivity index (χ4v) is 2.52. The predicted octanol–water partition coefficient (Wildman–Crippen LogP) is 4.33. The van der Waals surface area contributed by atoms with Gasteiger partial charge in [0.05, 0.1) is 5.57 Å². The molecular weight excluding hydrogens is 321 g/mol. The van der Waals surface area contributed by atoms with Crippen molar-refractivity contribution >= 4 is 23.6 Å². The second-order valence-corrected chi connectivity index (χ2v) is 5.93. The molecule has 1 heterocycles. The quantitative estimate of drug-likeness (QED) is 0.895. The fourth-order valence-electron chi connectivity index (χ4n) is 2.27. The van der Waals surface area contributed by atoms with E-state index in [2.05, 4.69) is 0 Å². The molecule has 0 radical (unpaired) electrons. The second kappa shape index (κ2) is 5.83. The highest BCUT2D eigenvalue weighted by Crippen LogP contribution is 2.39. The Morgan fingerprint density at radius 1 is 1.41 bits per heavy atom. The minimum absolute atomic E-state index is 0.00706. The Hall–Kier alpha value is -1.69. The Kier molecular flexibility index (Phi) is 4.42. The van der Waals surface area contributed by atoms with E-state index in [1.54, 1.807) is 0 Å². The molecule has 1 aliphatic heterocycles. The minimum atomic E-state index is -4.81. The van der Waals surface area contributed by atoms with E-state index in [9.17, 15) is 18.0 Å². The molecule has 0 saturated heterocycles. The molecule has 7 heteroatoms. The number of rotatable bonds is 3. The molecule has 1 atom stereocenters. The number of fused-ring (bicyclic) bond motifs is 1. The summed E-state index contributed by atoms with van der Waals surface area (Å²) < 4.78 is 43.9. The summed E-state index contributed by atoms with van der Waals surface area (Å²) in [5.74, 6) is -1.41. The first kappa shape index (κ1) is 16.7. The number of alkyl halides is 3. The summed E-state index contributed by atoms with van der Waals surface area (Å²) in [4.78, 5) is 11.0. The van der Waals surface area contributed by atoms with Crippen molar-refractivity contribution in [1.29, 1.82) is 0 Å². The smallest absolute Gasteiger partial charge is 0.430 e. The van der Waals surface area contributed by atoms with Gasteiger partial charge in [-0.3, -0.25) is 0 Å². The number of benzene rings is 1. The van der Waals surface area contributed by atoms with E-state index < -0.39 is 23.8 Å². The fraction of sp³-hybridized carbons (Fsp3) is 0.400. The molecule has 1 aromatic carbocycles. The van der Waals surface area contributed by atoms with Crippen LogP contribution in [0.25, 0.3) is 6.08 Å². The first-order valence-corrected chi connectivity index (χ1v) is 6.98. The maximum absolute atomic E-state index is 13.0. The summed E-state index contributed by atoms with van der Waals surface area (Å²) in [5.41, 5.74) is 0.0478. The molecule has 0 bridgehead atoms. The van der Waals surface area contributed by atoms with Gasteiger partial charge in [0.25, 0.3) is 0 Å². The number of carboxylic acid groups (broad SMARTS) is 1. The van der Waals surface area contributed by atoms with E-state index in [0.717, 1.165) is 6.08 Å². The molecule has 1 aromatic rings.